The molecular weight excluding hydrogens is 455 g/mol. The second-order valence-corrected chi connectivity index (χ2v) is 7.38. The fourth-order valence-electron chi connectivity index (χ4n) is 2.98. The molecule has 2 aromatic carbocycles. The van der Waals surface area contributed by atoms with Gasteiger partial charge in [0.2, 0.25) is 5.75 Å². The SMILES string of the molecule is COc1ccc(C(=O)Cc2c(Cl)cncc2Cl)c(OCC(=O)Nc2ccccc2)c1OC. The third-order valence-electron chi connectivity index (χ3n) is 4.50. The number of hydrogen-bond acceptors (Lipinski definition) is 6. The Morgan fingerprint density at radius 2 is 1.62 bits per heavy atom. The van der Waals surface area contributed by atoms with E-state index in [-0.39, 0.29) is 45.9 Å². The van der Waals surface area contributed by atoms with Gasteiger partial charge in [-0.15, -0.1) is 0 Å². The van der Waals surface area contributed by atoms with E-state index in [1.54, 1.807) is 30.3 Å². The highest BCUT2D eigenvalue weighted by molar-refractivity contribution is 6.36. The Balaban J connectivity index is 1.87. The van der Waals surface area contributed by atoms with E-state index in [2.05, 4.69) is 10.3 Å². The number of para-hydroxylation sites is 1. The summed E-state index contributed by atoms with van der Waals surface area (Å²) in [4.78, 5) is 29.4. The Labute approximate surface area is 195 Å². The van der Waals surface area contributed by atoms with Crippen LogP contribution in [0.2, 0.25) is 10.0 Å². The molecule has 0 atom stereocenters. The van der Waals surface area contributed by atoms with Gasteiger partial charge < -0.3 is 19.5 Å². The molecule has 0 aliphatic rings. The number of carbonyl (C=O) groups excluding carboxylic acids is 2. The van der Waals surface area contributed by atoms with Crippen molar-refractivity contribution in [3.05, 3.63) is 76.0 Å². The number of benzene rings is 2. The zero-order valence-electron chi connectivity index (χ0n) is 17.4. The number of amides is 1. The summed E-state index contributed by atoms with van der Waals surface area (Å²) in [7, 11) is 2.88. The second-order valence-electron chi connectivity index (χ2n) is 6.56. The summed E-state index contributed by atoms with van der Waals surface area (Å²) in [5.74, 6) is -0.110. The van der Waals surface area contributed by atoms with Crippen LogP contribution in [0.1, 0.15) is 15.9 Å². The summed E-state index contributed by atoms with van der Waals surface area (Å²) in [6.45, 7) is -0.352. The van der Waals surface area contributed by atoms with Gasteiger partial charge in [-0.25, -0.2) is 0 Å². The number of methoxy groups -OCH3 is 2. The van der Waals surface area contributed by atoms with E-state index in [1.807, 2.05) is 6.07 Å². The molecule has 0 saturated carbocycles. The molecular formula is C23H20Cl2N2O5. The van der Waals surface area contributed by atoms with Crippen molar-refractivity contribution in [2.75, 3.05) is 26.1 Å². The van der Waals surface area contributed by atoms with Crippen molar-refractivity contribution in [2.24, 2.45) is 0 Å². The molecule has 9 heteroatoms. The molecule has 166 valence electrons. The van der Waals surface area contributed by atoms with Crippen LogP contribution >= 0.6 is 23.2 Å². The summed E-state index contributed by atoms with van der Waals surface area (Å²) < 4.78 is 16.5. The minimum Gasteiger partial charge on any atom is -0.493 e. The highest BCUT2D eigenvalue weighted by Crippen LogP contribution is 2.41. The van der Waals surface area contributed by atoms with Crippen LogP contribution in [0.25, 0.3) is 0 Å². The lowest BCUT2D eigenvalue weighted by atomic mass is 10.0. The lowest BCUT2D eigenvalue weighted by Gasteiger charge is -2.17. The number of halogens is 2. The number of ketones is 1. The van der Waals surface area contributed by atoms with Crippen LogP contribution in [0.5, 0.6) is 17.2 Å². The standard InChI is InChI=1S/C23H20Cl2N2O5/c1-30-20-9-8-15(19(28)10-16-17(24)11-26-12-18(16)25)22(23(20)31-2)32-13-21(29)27-14-6-4-3-5-7-14/h3-9,11-12H,10,13H2,1-2H3,(H,27,29). The van der Waals surface area contributed by atoms with E-state index in [0.717, 1.165) is 0 Å². The Hall–Kier alpha value is -3.29. The molecule has 0 aliphatic heterocycles. The summed E-state index contributed by atoms with van der Waals surface area (Å²) in [5, 5.41) is 3.27. The highest BCUT2D eigenvalue weighted by atomic mass is 35.5. The first kappa shape index (κ1) is 23.4. The van der Waals surface area contributed by atoms with E-state index in [4.69, 9.17) is 37.4 Å². The first-order chi connectivity index (χ1) is 15.4. The van der Waals surface area contributed by atoms with Gasteiger partial charge in [0.25, 0.3) is 5.91 Å². The number of rotatable bonds is 9. The van der Waals surface area contributed by atoms with Gasteiger partial charge >= 0.3 is 0 Å². The van der Waals surface area contributed by atoms with Crippen molar-refractivity contribution in [3.63, 3.8) is 0 Å². The molecule has 3 aromatic rings. The predicted molar refractivity (Wildman–Crippen MR) is 122 cm³/mol. The van der Waals surface area contributed by atoms with E-state index < -0.39 is 5.91 Å². The average Bonchev–Trinajstić information content (AvgIpc) is 2.79. The number of carbonyl (C=O) groups is 2. The van der Waals surface area contributed by atoms with Crippen LogP contribution in [0.3, 0.4) is 0 Å². The molecule has 0 aliphatic carbocycles. The van der Waals surface area contributed by atoms with Gasteiger partial charge in [0.1, 0.15) is 0 Å². The average molecular weight is 475 g/mol. The van der Waals surface area contributed by atoms with Crippen LogP contribution in [0.15, 0.2) is 54.9 Å². The largest absolute Gasteiger partial charge is 0.493 e. The van der Waals surface area contributed by atoms with Crippen molar-refractivity contribution in [1.29, 1.82) is 0 Å². The molecule has 0 unspecified atom stereocenters. The third-order valence-corrected chi connectivity index (χ3v) is 5.15. The van der Waals surface area contributed by atoms with Crippen LogP contribution in [0, 0.1) is 0 Å². The third kappa shape index (κ3) is 5.49. The number of aromatic nitrogens is 1. The van der Waals surface area contributed by atoms with Crippen molar-refractivity contribution in [3.8, 4) is 17.2 Å². The smallest absolute Gasteiger partial charge is 0.262 e. The lowest BCUT2D eigenvalue weighted by molar-refractivity contribution is -0.118. The van der Waals surface area contributed by atoms with Gasteiger partial charge in [0, 0.05) is 30.1 Å². The number of nitrogens with zero attached hydrogens (tertiary/aromatic N) is 1. The monoisotopic (exact) mass is 474 g/mol. The first-order valence-corrected chi connectivity index (χ1v) is 10.2. The molecule has 7 nitrogen and oxygen atoms in total. The van der Waals surface area contributed by atoms with Crippen LogP contribution in [-0.4, -0.2) is 37.5 Å². The summed E-state index contributed by atoms with van der Waals surface area (Å²) in [6.07, 6.45) is 2.73. The number of hydrogen-bond donors (Lipinski definition) is 1. The maximum absolute atomic E-state index is 13.1. The van der Waals surface area contributed by atoms with E-state index >= 15 is 0 Å². The maximum atomic E-state index is 13.1. The Morgan fingerprint density at radius 1 is 0.938 bits per heavy atom. The fraction of sp³-hybridized carbons (Fsp3) is 0.174. The van der Waals surface area contributed by atoms with E-state index in [1.165, 1.54) is 32.7 Å². The normalized spacial score (nSPS) is 10.4. The zero-order chi connectivity index (χ0) is 23.1. The number of Topliss-reactive ketones (excluding diaryl/α,β-unsaturated/α-hetero) is 1. The van der Waals surface area contributed by atoms with E-state index in [9.17, 15) is 9.59 Å². The Bertz CT molecular complexity index is 1100. The van der Waals surface area contributed by atoms with E-state index in [0.29, 0.717) is 17.0 Å². The minimum absolute atomic E-state index is 0.0846. The maximum Gasteiger partial charge on any atom is 0.262 e. The topological polar surface area (TPSA) is 86.8 Å². The number of anilines is 1. The van der Waals surface area contributed by atoms with Gasteiger partial charge in [-0.2, -0.15) is 0 Å². The summed E-state index contributed by atoms with van der Waals surface area (Å²) >= 11 is 12.3. The van der Waals surface area contributed by atoms with Crippen LogP contribution in [-0.2, 0) is 11.2 Å². The molecule has 0 radical (unpaired) electrons. The molecule has 32 heavy (non-hydrogen) atoms. The van der Waals surface area contributed by atoms with Gasteiger partial charge in [0.15, 0.2) is 23.9 Å². The van der Waals surface area contributed by atoms with Crippen molar-refractivity contribution in [2.45, 2.75) is 6.42 Å². The van der Waals surface area contributed by atoms with Crippen LogP contribution in [0.4, 0.5) is 5.69 Å². The number of ether oxygens (including phenoxy) is 3. The van der Waals surface area contributed by atoms with Crippen LogP contribution < -0.4 is 19.5 Å². The van der Waals surface area contributed by atoms with Gasteiger partial charge in [0.05, 0.1) is 29.8 Å². The molecule has 1 N–H and O–H groups in total. The van der Waals surface area contributed by atoms with Crippen molar-refractivity contribution < 1.29 is 23.8 Å². The quantitative estimate of drug-likeness (QED) is 0.446. The Kier molecular flexibility index (Phi) is 7.92. The molecule has 3 rings (SSSR count). The molecule has 1 amide bonds. The zero-order valence-corrected chi connectivity index (χ0v) is 18.9. The van der Waals surface area contributed by atoms with Gasteiger partial charge in [-0.05, 0) is 24.3 Å². The number of pyridine rings is 1. The summed E-state index contributed by atoms with van der Waals surface area (Å²) in [5.41, 5.74) is 1.26. The fourth-order valence-corrected chi connectivity index (χ4v) is 3.48. The minimum atomic E-state index is -0.403. The van der Waals surface area contributed by atoms with Crippen molar-refractivity contribution >= 4 is 40.6 Å². The molecule has 0 spiro atoms. The lowest BCUT2D eigenvalue weighted by Crippen LogP contribution is -2.21. The number of nitrogens with one attached hydrogen (secondary N) is 1. The molecule has 1 aromatic heterocycles. The van der Waals surface area contributed by atoms with Gasteiger partial charge in [-0.3, -0.25) is 14.6 Å². The molecule has 1 heterocycles. The highest BCUT2D eigenvalue weighted by Gasteiger charge is 2.23. The van der Waals surface area contributed by atoms with Gasteiger partial charge in [-0.1, -0.05) is 41.4 Å². The summed E-state index contributed by atoms with van der Waals surface area (Å²) in [6, 6.07) is 12.1. The predicted octanol–water partition coefficient (Wildman–Crippen LogP) is 4.85. The Morgan fingerprint density at radius 3 is 2.25 bits per heavy atom. The second kappa shape index (κ2) is 10.8. The first-order valence-electron chi connectivity index (χ1n) is 9.48. The molecule has 0 saturated heterocycles. The molecule has 0 fully saturated rings. The molecule has 0 bridgehead atoms. The van der Waals surface area contributed by atoms with Crippen molar-refractivity contribution in [1.82, 2.24) is 4.98 Å².